The molecule has 1 N–H and O–H groups in total. The zero-order chi connectivity index (χ0) is 25.8. The molecule has 7 heteroatoms. The number of Topliss-reactive ketones (excluding diaryl/α,β-unsaturated/α-hetero) is 1. The van der Waals surface area contributed by atoms with Gasteiger partial charge in [0.2, 0.25) is 0 Å². The van der Waals surface area contributed by atoms with Gasteiger partial charge < -0.3 is 24.2 Å². The quantitative estimate of drug-likeness (QED) is 0.272. The van der Waals surface area contributed by atoms with Gasteiger partial charge in [0.25, 0.3) is 11.7 Å². The molecule has 7 nitrogen and oxygen atoms in total. The first-order valence-corrected chi connectivity index (χ1v) is 11.7. The van der Waals surface area contributed by atoms with E-state index in [2.05, 4.69) is 0 Å². The maximum absolute atomic E-state index is 13.4. The van der Waals surface area contributed by atoms with E-state index in [1.54, 1.807) is 43.5 Å². The average Bonchev–Trinajstić information content (AvgIpc) is 3.14. The van der Waals surface area contributed by atoms with Gasteiger partial charge in [-0.25, -0.2) is 0 Å². The first-order valence-electron chi connectivity index (χ1n) is 11.7. The number of ketones is 1. The molecule has 1 heterocycles. The normalized spacial score (nSPS) is 16.8. The van der Waals surface area contributed by atoms with E-state index in [0.717, 1.165) is 11.1 Å². The molecule has 1 unspecified atom stereocenters. The topological polar surface area (TPSA) is 85.3 Å². The molecule has 36 heavy (non-hydrogen) atoms. The second-order valence-corrected chi connectivity index (χ2v) is 8.48. The molecule has 1 aliphatic rings. The highest BCUT2D eigenvalue weighted by atomic mass is 16.5. The number of aliphatic hydroxyl groups excluding tert-OH is 1. The standard InChI is InChI=1S/C29H29NO6/c1-5-36-22-8-6-7-20(16-22)26-25(27(31)23-15-18(2)9-14-24(23)35-4)28(32)29(33)30(26)17-19-10-12-21(34-3)13-11-19/h6-16,26,31H,5,17H2,1-4H3/b27-25+. The number of aryl methyl sites for hydroxylation is 1. The van der Waals surface area contributed by atoms with Crippen molar-refractivity contribution >= 4 is 17.4 Å². The molecule has 0 spiro atoms. The summed E-state index contributed by atoms with van der Waals surface area (Å²) in [6, 6.07) is 19.0. The summed E-state index contributed by atoms with van der Waals surface area (Å²) in [6.07, 6.45) is 0. The van der Waals surface area contributed by atoms with E-state index in [9.17, 15) is 14.7 Å². The fourth-order valence-corrected chi connectivity index (χ4v) is 4.41. The predicted molar refractivity (Wildman–Crippen MR) is 136 cm³/mol. The van der Waals surface area contributed by atoms with Gasteiger partial charge in [-0.05, 0) is 61.4 Å². The van der Waals surface area contributed by atoms with Crippen molar-refractivity contribution < 1.29 is 28.9 Å². The number of nitrogens with zero attached hydrogens (tertiary/aromatic N) is 1. The molecule has 1 fully saturated rings. The van der Waals surface area contributed by atoms with E-state index in [4.69, 9.17) is 14.2 Å². The number of benzene rings is 3. The van der Waals surface area contributed by atoms with Crippen LogP contribution in [0.1, 0.15) is 35.2 Å². The first-order chi connectivity index (χ1) is 17.4. The third-order valence-corrected chi connectivity index (χ3v) is 6.15. The molecule has 0 saturated carbocycles. The summed E-state index contributed by atoms with van der Waals surface area (Å²) in [5.74, 6) is -0.0205. The molecule has 1 atom stereocenters. The lowest BCUT2D eigenvalue weighted by Crippen LogP contribution is -2.29. The summed E-state index contributed by atoms with van der Waals surface area (Å²) in [7, 11) is 3.07. The van der Waals surface area contributed by atoms with Gasteiger partial charge in [-0.1, -0.05) is 35.9 Å². The van der Waals surface area contributed by atoms with Crippen LogP contribution in [0.4, 0.5) is 0 Å². The summed E-state index contributed by atoms with van der Waals surface area (Å²) in [4.78, 5) is 28.2. The molecule has 1 amide bonds. The molecule has 186 valence electrons. The predicted octanol–water partition coefficient (Wildman–Crippen LogP) is 5.03. The molecule has 1 aliphatic heterocycles. The number of hydrogen-bond acceptors (Lipinski definition) is 6. The Morgan fingerprint density at radius 2 is 1.69 bits per heavy atom. The number of methoxy groups -OCH3 is 2. The van der Waals surface area contributed by atoms with E-state index in [-0.39, 0.29) is 17.9 Å². The molecule has 3 aromatic carbocycles. The number of ether oxygens (including phenoxy) is 3. The maximum atomic E-state index is 13.4. The summed E-state index contributed by atoms with van der Waals surface area (Å²) in [6.45, 7) is 4.39. The molecule has 4 rings (SSSR count). The second kappa shape index (κ2) is 10.6. The van der Waals surface area contributed by atoms with Crippen molar-refractivity contribution in [2.24, 2.45) is 0 Å². The summed E-state index contributed by atoms with van der Waals surface area (Å²) in [5, 5.41) is 11.5. The number of carbonyl (C=O) groups excluding carboxylic acids is 2. The highest BCUT2D eigenvalue weighted by Crippen LogP contribution is 2.42. The van der Waals surface area contributed by atoms with Gasteiger partial charge in [0, 0.05) is 6.54 Å². The SMILES string of the molecule is CCOc1cccc(C2/C(=C(\O)c3cc(C)ccc3OC)C(=O)C(=O)N2Cc2ccc(OC)cc2)c1. The number of carbonyl (C=O) groups is 2. The van der Waals surface area contributed by atoms with Crippen molar-refractivity contribution in [3.05, 3.63) is 94.6 Å². The fraction of sp³-hybridized carbons (Fsp3) is 0.241. The molecule has 0 aliphatic carbocycles. The van der Waals surface area contributed by atoms with Gasteiger partial charge in [0.15, 0.2) is 0 Å². The van der Waals surface area contributed by atoms with Crippen molar-refractivity contribution in [2.45, 2.75) is 26.4 Å². The number of likely N-dealkylation sites (tertiary alicyclic amines) is 1. The third-order valence-electron chi connectivity index (χ3n) is 6.15. The average molecular weight is 488 g/mol. The van der Waals surface area contributed by atoms with Crippen molar-refractivity contribution in [2.75, 3.05) is 20.8 Å². The van der Waals surface area contributed by atoms with Crippen molar-refractivity contribution in [3.8, 4) is 17.2 Å². The van der Waals surface area contributed by atoms with Crippen LogP contribution in [0.3, 0.4) is 0 Å². The molecule has 0 radical (unpaired) electrons. The number of rotatable bonds is 8. The van der Waals surface area contributed by atoms with E-state index >= 15 is 0 Å². The Hall–Kier alpha value is -4.26. The van der Waals surface area contributed by atoms with Crippen molar-refractivity contribution in [1.82, 2.24) is 4.90 Å². The summed E-state index contributed by atoms with van der Waals surface area (Å²) >= 11 is 0. The molecule has 3 aromatic rings. The van der Waals surface area contributed by atoms with Gasteiger partial charge in [-0.15, -0.1) is 0 Å². The Kier molecular flexibility index (Phi) is 7.29. The second-order valence-electron chi connectivity index (χ2n) is 8.48. The van der Waals surface area contributed by atoms with Crippen LogP contribution < -0.4 is 14.2 Å². The van der Waals surface area contributed by atoms with Gasteiger partial charge in [-0.3, -0.25) is 9.59 Å². The van der Waals surface area contributed by atoms with E-state index < -0.39 is 17.7 Å². The molecule has 0 bridgehead atoms. The minimum absolute atomic E-state index is 0.00561. The van der Waals surface area contributed by atoms with Crippen molar-refractivity contribution in [1.29, 1.82) is 0 Å². The molecular weight excluding hydrogens is 458 g/mol. The number of amides is 1. The third kappa shape index (κ3) is 4.77. The van der Waals surface area contributed by atoms with Crippen LogP contribution in [0.25, 0.3) is 5.76 Å². The Bertz CT molecular complexity index is 1310. The minimum Gasteiger partial charge on any atom is -0.507 e. The zero-order valence-corrected chi connectivity index (χ0v) is 20.8. The van der Waals surface area contributed by atoms with Crippen LogP contribution in [0.2, 0.25) is 0 Å². The van der Waals surface area contributed by atoms with Crippen LogP contribution in [0, 0.1) is 6.92 Å². The number of aliphatic hydroxyl groups is 1. The van der Waals surface area contributed by atoms with Gasteiger partial charge in [0.05, 0.1) is 38.0 Å². The highest BCUT2D eigenvalue weighted by Gasteiger charge is 2.46. The summed E-state index contributed by atoms with van der Waals surface area (Å²) in [5.41, 5.74) is 2.70. The van der Waals surface area contributed by atoms with Crippen molar-refractivity contribution in [3.63, 3.8) is 0 Å². The molecular formula is C29H29NO6. The van der Waals surface area contributed by atoms with Crippen LogP contribution in [0.15, 0.2) is 72.3 Å². The van der Waals surface area contributed by atoms with E-state index in [1.807, 2.05) is 44.2 Å². The Labute approximate surface area is 210 Å². The van der Waals surface area contributed by atoms with Crippen LogP contribution in [-0.4, -0.2) is 42.5 Å². The Balaban J connectivity index is 1.88. The largest absolute Gasteiger partial charge is 0.507 e. The Morgan fingerprint density at radius 1 is 0.944 bits per heavy atom. The monoisotopic (exact) mass is 487 g/mol. The lowest BCUT2D eigenvalue weighted by atomic mass is 9.94. The van der Waals surface area contributed by atoms with Crippen LogP contribution in [-0.2, 0) is 16.1 Å². The minimum atomic E-state index is -0.822. The Morgan fingerprint density at radius 3 is 2.36 bits per heavy atom. The zero-order valence-electron chi connectivity index (χ0n) is 20.8. The smallest absolute Gasteiger partial charge is 0.295 e. The van der Waals surface area contributed by atoms with Crippen LogP contribution >= 0.6 is 0 Å². The number of hydrogen-bond donors (Lipinski definition) is 1. The van der Waals surface area contributed by atoms with Gasteiger partial charge in [-0.2, -0.15) is 0 Å². The molecule has 1 saturated heterocycles. The summed E-state index contributed by atoms with van der Waals surface area (Å²) < 4.78 is 16.3. The van der Waals surface area contributed by atoms with E-state index in [0.29, 0.717) is 35.0 Å². The van der Waals surface area contributed by atoms with Gasteiger partial charge >= 0.3 is 0 Å². The molecule has 0 aromatic heterocycles. The first kappa shape index (κ1) is 24.9. The maximum Gasteiger partial charge on any atom is 0.295 e. The van der Waals surface area contributed by atoms with Crippen LogP contribution in [0.5, 0.6) is 17.2 Å². The lowest BCUT2D eigenvalue weighted by Gasteiger charge is -2.26. The van der Waals surface area contributed by atoms with Gasteiger partial charge in [0.1, 0.15) is 23.0 Å². The highest BCUT2D eigenvalue weighted by molar-refractivity contribution is 6.46. The lowest BCUT2D eigenvalue weighted by molar-refractivity contribution is -0.140. The van der Waals surface area contributed by atoms with E-state index in [1.165, 1.54) is 12.0 Å². The fourth-order valence-electron chi connectivity index (χ4n) is 4.41.